The number of hydrogen-bond donors (Lipinski definition) is 1. The normalized spacial score (nSPS) is 14.6. The van der Waals surface area contributed by atoms with Crippen molar-refractivity contribution < 1.29 is 38.8 Å². The first-order valence-electron chi connectivity index (χ1n) is 9.17. The first kappa shape index (κ1) is 22.1. The van der Waals surface area contributed by atoms with Crippen LogP contribution in [-0.4, -0.2) is 53.8 Å². The van der Waals surface area contributed by atoms with Crippen molar-refractivity contribution in [3.63, 3.8) is 0 Å². The molecule has 0 saturated carbocycles. The Bertz CT molecular complexity index is 1160. The molecule has 0 bridgehead atoms. The minimum atomic E-state index is -1.41. The van der Waals surface area contributed by atoms with Gasteiger partial charge in [0.1, 0.15) is 17.2 Å². The Hall–Kier alpha value is -2.61. The molecule has 9 heteroatoms. The number of carboxylic acids is 1. The fourth-order valence-electron chi connectivity index (χ4n) is 3.59. The number of nitrogens with zero attached hydrogens (tertiary/aromatic N) is 3. The summed E-state index contributed by atoms with van der Waals surface area (Å²) in [5.41, 5.74) is -0.0519. The second kappa shape index (κ2) is 8.63. The maximum atomic E-state index is 14.9. The number of fused-ring (bicyclic) bond motifs is 1. The number of pyridine rings is 1. The number of aromatic carboxylic acids is 1. The summed E-state index contributed by atoms with van der Waals surface area (Å²) in [4.78, 5) is 28.2. The number of hydrogen-bond acceptors (Lipinski definition) is 4. The van der Waals surface area contributed by atoms with Crippen LogP contribution in [0.15, 0.2) is 47.4 Å². The standard InChI is InChI=1S/C21H19F2N3O3.Tc/c1-24-6-8-25(9-7-24)19-11-18-15(10-17(19)23)20(27)16(21(28)29)12-26(18)14-4-2-13(22)3-5-14;/h2-5,10-12H,6-9H2,1H3,(H,28,29);/i;1+1. The molecule has 157 valence electrons. The number of halogens is 2. The summed E-state index contributed by atoms with van der Waals surface area (Å²) in [5.74, 6) is -2.43. The van der Waals surface area contributed by atoms with E-state index in [1.165, 1.54) is 35.0 Å². The van der Waals surface area contributed by atoms with E-state index in [4.69, 9.17) is 0 Å². The SMILES string of the molecule is CN1CCN(c2cc3c(cc2F)c(=O)c(C(=O)O)cn3-c2ccc(F)cc2)CC1.[99Tc]. The molecule has 1 radical (unpaired) electrons. The minimum Gasteiger partial charge on any atom is -0.477 e. The van der Waals surface area contributed by atoms with Crippen molar-refractivity contribution in [3.8, 4) is 5.69 Å². The van der Waals surface area contributed by atoms with E-state index in [-0.39, 0.29) is 25.5 Å². The van der Waals surface area contributed by atoms with E-state index in [9.17, 15) is 23.5 Å². The fraction of sp³-hybridized carbons (Fsp3) is 0.238. The van der Waals surface area contributed by atoms with Gasteiger partial charge in [0, 0.05) is 63.6 Å². The number of carboxylic acid groups (broad SMARTS) is 1. The van der Waals surface area contributed by atoms with Crippen molar-refractivity contribution in [1.29, 1.82) is 0 Å². The molecule has 6 nitrogen and oxygen atoms in total. The molecule has 0 atom stereocenters. The van der Waals surface area contributed by atoms with Gasteiger partial charge < -0.3 is 19.5 Å². The van der Waals surface area contributed by atoms with Crippen LogP contribution < -0.4 is 10.3 Å². The summed E-state index contributed by atoms with van der Waals surface area (Å²) in [5, 5.41) is 9.38. The van der Waals surface area contributed by atoms with Crippen molar-refractivity contribution in [3.05, 3.63) is 70.0 Å². The van der Waals surface area contributed by atoms with Gasteiger partial charge in [-0.05, 0) is 43.4 Å². The topological polar surface area (TPSA) is 65.8 Å². The molecule has 0 spiro atoms. The number of carbonyl (C=O) groups is 1. The molecule has 0 aliphatic carbocycles. The molecule has 1 aliphatic heterocycles. The summed E-state index contributed by atoms with van der Waals surface area (Å²) in [6.07, 6.45) is 1.20. The number of likely N-dealkylation sites (N-methyl/N-ethyl adjacent to an activating group) is 1. The zero-order valence-corrected chi connectivity index (χ0v) is 18.0. The third-order valence-corrected chi connectivity index (χ3v) is 5.25. The Morgan fingerprint density at radius 3 is 2.27 bits per heavy atom. The van der Waals surface area contributed by atoms with Crippen molar-refractivity contribution >= 4 is 22.6 Å². The summed E-state index contributed by atoms with van der Waals surface area (Å²) >= 11 is 0. The minimum absolute atomic E-state index is 0. The largest absolute Gasteiger partial charge is 0.477 e. The van der Waals surface area contributed by atoms with Crippen molar-refractivity contribution in [1.82, 2.24) is 9.47 Å². The molecule has 0 unspecified atom stereocenters. The molecule has 0 amide bonds. The maximum Gasteiger partial charge on any atom is 0.341 e. The first-order chi connectivity index (χ1) is 13.8. The van der Waals surface area contributed by atoms with Crippen LogP contribution in [0.1, 0.15) is 10.4 Å². The average Bonchev–Trinajstić information content (AvgIpc) is 2.70. The molecule has 1 fully saturated rings. The fourth-order valence-corrected chi connectivity index (χ4v) is 3.59. The number of rotatable bonds is 3. The maximum absolute atomic E-state index is 14.9. The Morgan fingerprint density at radius 2 is 1.67 bits per heavy atom. The molecule has 1 N–H and O–H groups in total. The van der Waals surface area contributed by atoms with E-state index < -0.39 is 28.6 Å². The van der Waals surface area contributed by atoms with Crippen molar-refractivity contribution in [2.45, 2.75) is 0 Å². The predicted molar refractivity (Wildman–Crippen MR) is 106 cm³/mol. The van der Waals surface area contributed by atoms with Gasteiger partial charge in [0.05, 0.1) is 11.2 Å². The molecule has 2 aromatic carbocycles. The molecule has 3 aromatic rings. The second-order valence-electron chi connectivity index (χ2n) is 7.13. The summed E-state index contributed by atoms with van der Waals surface area (Å²) < 4.78 is 29.8. The van der Waals surface area contributed by atoms with Crippen LogP contribution >= 0.6 is 0 Å². The molecule has 1 aliphatic rings. The first-order valence-corrected chi connectivity index (χ1v) is 9.17. The Kier molecular flexibility index (Phi) is 6.35. The van der Waals surface area contributed by atoms with Gasteiger partial charge in [-0.15, -0.1) is 0 Å². The van der Waals surface area contributed by atoms with Gasteiger partial charge in [-0.3, -0.25) is 4.79 Å². The third kappa shape index (κ3) is 4.01. The quantitative estimate of drug-likeness (QED) is 0.602. The van der Waals surface area contributed by atoms with Gasteiger partial charge in [0.25, 0.3) is 0 Å². The number of piperazine rings is 1. The molecular weight excluding hydrogens is 479 g/mol. The zero-order valence-electron chi connectivity index (χ0n) is 16.1. The Labute approximate surface area is 184 Å². The molecule has 2 heterocycles. The van der Waals surface area contributed by atoms with E-state index in [1.54, 1.807) is 6.07 Å². The van der Waals surface area contributed by atoms with E-state index in [0.29, 0.717) is 30.0 Å². The van der Waals surface area contributed by atoms with Gasteiger partial charge in [0.2, 0.25) is 5.43 Å². The van der Waals surface area contributed by atoms with E-state index >= 15 is 0 Å². The van der Waals surface area contributed by atoms with E-state index in [0.717, 1.165) is 19.2 Å². The summed E-state index contributed by atoms with van der Waals surface area (Å²) in [6.45, 7) is 2.82. The van der Waals surface area contributed by atoms with Crippen LogP contribution in [0, 0.1) is 11.6 Å². The molecule has 30 heavy (non-hydrogen) atoms. The Balaban J connectivity index is 0.00000256. The van der Waals surface area contributed by atoms with Gasteiger partial charge in [-0.2, -0.15) is 0 Å². The van der Waals surface area contributed by atoms with Crippen molar-refractivity contribution in [2.24, 2.45) is 0 Å². The van der Waals surface area contributed by atoms with Crippen LogP contribution in [0.5, 0.6) is 0 Å². The van der Waals surface area contributed by atoms with Crippen molar-refractivity contribution in [2.75, 3.05) is 38.1 Å². The van der Waals surface area contributed by atoms with Crippen LogP contribution in [0.2, 0.25) is 0 Å². The van der Waals surface area contributed by atoms with E-state index in [2.05, 4.69) is 4.90 Å². The van der Waals surface area contributed by atoms with Gasteiger partial charge >= 0.3 is 5.97 Å². The molecule has 1 aromatic heterocycles. The summed E-state index contributed by atoms with van der Waals surface area (Å²) in [6, 6.07) is 8.09. The second-order valence-corrected chi connectivity index (χ2v) is 7.13. The number of anilines is 1. The van der Waals surface area contributed by atoms with Crippen LogP contribution in [-0.2, 0) is 20.1 Å². The van der Waals surface area contributed by atoms with E-state index in [1.807, 2.05) is 11.9 Å². The van der Waals surface area contributed by atoms with Gasteiger partial charge in [-0.25, -0.2) is 13.6 Å². The van der Waals surface area contributed by atoms with Crippen LogP contribution in [0.3, 0.4) is 0 Å². The van der Waals surface area contributed by atoms with Gasteiger partial charge in [0.15, 0.2) is 0 Å². The number of benzene rings is 2. The smallest absolute Gasteiger partial charge is 0.341 e. The average molecular weight is 498 g/mol. The zero-order chi connectivity index (χ0) is 20.7. The van der Waals surface area contributed by atoms with Gasteiger partial charge in [-0.1, -0.05) is 0 Å². The van der Waals surface area contributed by atoms with Crippen LogP contribution in [0.25, 0.3) is 16.6 Å². The molecule has 4 rings (SSSR count). The third-order valence-electron chi connectivity index (χ3n) is 5.25. The molecular formula is C21H19F2N3O3Tc. The predicted octanol–water partition coefficient (Wildman–Crippen LogP) is 2.72. The summed E-state index contributed by atoms with van der Waals surface area (Å²) in [7, 11) is 1.99. The Morgan fingerprint density at radius 1 is 1.03 bits per heavy atom. The monoisotopic (exact) mass is 498 g/mol. The number of aromatic nitrogens is 1. The molecule has 1 saturated heterocycles. The van der Waals surface area contributed by atoms with Crippen LogP contribution in [0.4, 0.5) is 14.5 Å².